The summed E-state index contributed by atoms with van der Waals surface area (Å²) in [6, 6.07) is 3.89. The number of aliphatic hydroxyl groups is 1. The molecule has 0 amide bonds. The zero-order chi connectivity index (χ0) is 13.8. The fourth-order valence-corrected chi connectivity index (χ4v) is 2.57. The van der Waals surface area contributed by atoms with Gasteiger partial charge in [-0.25, -0.2) is 8.78 Å². The van der Waals surface area contributed by atoms with Gasteiger partial charge in [0.2, 0.25) is 0 Å². The van der Waals surface area contributed by atoms with Crippen LogP contribution in [0.4, 0.5) is 8.78 Å². The van der Waals surface area contributed by atoms with Crippen molar-refractivity contribution in [2.24, 2.45) is 5.92 Å². The maximum Gasteiger partial charge on any atom is 0.164 e. The molecule has 106 valence electrons. The van der Waals surface area contributed by atoms with Gasteiger partial charge in [-0.2, -0.15) is 0 Å². The summed E-state index contributed by atoms with van der Waals surface area (Å²) < 4.78 is 31.7. The van der Waals surface area contributed by atoms with E-state index in [0.717, 1.165) is 25.6 Å². The van der Waals surface area contributed by atoms with Crippen molar-refractivity contribution in [2.45, 2.75) is 12.5 Å². The number of nitrogens with zero attached hydrogens (tertiary/aromatic N) is 1. The molecular formula is C14H19F2NO2. The number of hydrogen-bond donors (Lipinski definition) is 1. The monoisotopic (exact) mass is 271 g/mol. The highest BCUT2D eigenvalue weighted by atomic mass is 19.2. The topological polar surface area (TPSA) is 32.7 Å². The Morgan fingerprint density at radius 3 is 3.00 bits per heavy atom. The molecular weight excluding hydrogens is 252 g/mol. The third kappa shape index (κ3) is 3.49. The highest BCUT2D eigenvalue weighted by Crippen LogP contribution is 2.23. The molecule has 1 aliphatic heterocycles. The number of ether oxygens (including phenoxy) is 1. The SMILES string of the molecule is COCC1CCN(CC(O)c2cccc(F)c2F)C1. The summed E-state index contributed by atoms with van der Waals surface area (Å²) in [5, 5.41) is 10.0. The summed E-state index contributed by atoms with van der Waals surface area (Å²) >= 11 is 0. The van der Waals surface area contributed by atoms with E-state index in [4.69, 9.17) is 4.74 Å². The second kappa shape index (κ2) is 6.41. The van der Waals surface area contributed by atoms with Gasteiger partial charge >= 0.3 is 0 Å². The fourth-order valence-electron chi connectivity index (χ4n) is 2.57. The molecule has 0 saturated carbocycles. The van der Waals surface area contributed by atoms with Crippen LogP contribution in [0.5, 0.6) is 0 Å². The molecule has 0 spiro atoms. The van der Waals surface area contributed by atoms with Crippen LogP contribution in [-0.2, 0) is 4.74 Å². The summed E-state index contributed by atoms with van der Waals surface area (Å²) in [4.78, 5) is 2.05. The number of likely N-dealkylation sites (tertiary alicyclic amines) is 1. The molecule has 1 fully saturated rings. The molecule has 0 aromatic heterocycles. The van der Waals surface area contributed by atoms with E-state index in [2.05, 4.69) is 4.90 Å². The molecule has 0 radical (unpaired) electrons. The molecule has 2 unspecified atom stereocenters. The Bertz CT molecular complexity index is 428. The first-order chi connectivity index (χ1) is 9.11. The number of methoxy groups -OCH3 is 1. The minimum atomic E-state index is -1.00. The quantitative estimate of drug-likeness (QED) is 0.888. The molecule has 1 aromatic carbocycles. The van der Waals surface area contributed by atoms with Crippen molar-refractivity contribution in [2.75, 3.05) is 33.4 Å². The number of β-amino-alcohol motifs (C(OH)–C–C–N with tert-alkyl or cyclic N) is 1. The predicted octanol–water partition coefficient (Wildman–Crippen LogP) is 1.97. The van der Waals surface area contributed by atoms with Gasteiger partial charge in [-0.1, -0.05) is 12.1 Å². The van der Waals surface area contributed by atoms with E-state index in [1.54, 1.807) is 7.11 Å². The van der Waals surface area contributed by atoms with Gasteiger partial charge in [-0.15, -0.1) is 0 Å². The summed E-state index contributed by atoms with van der Waals surface area (Å²) in [6.07, 6.45) is 0.00336. The van der Waals surface area contributed by atoms with E-state index in [1.165, 1.54) is 12.1 Å². The van der Waals surface area contributed by atoms with Gasteiger partial charge in [-0.05, 0) is 24.9 Å². The zero-order valence-electron chi connectivity index (χ0n) is 11.0. The maximum absolute atomic E-state index is 13.5. The predicted molar refractivity (Wildman–Crippen MR) is 67.7 cm³/mol. The number of hydrogen-bond acceptors (Lipinski definition) is 3. The Morgan fingerprint density at radius 2 is 2.26 bits per heavy atom. The van der Waals surface area contributed by atoms with Crippen molar-refractivity contribution in [1.29, 1.82) is 0 Å². The summed E-state index contributed by atoms with van der Waals surface area (Å²) in [7, 11) is 1.67. The molecule has 1 heterocycles. The van der Waals surface area contributed by atoms with Crippen molar-refractivity contribution in [1.82, 2.24) is 4.90 Å². The minimum Gasteiger partial charge on any atom is -0.387 e. The second-order valence-electron chi connectivity index (χ2n) is 5.03. The van der Waals surface area contributed by atoms with Crippen LogP contribution in [0, 0.1) is 17.6 Å². The van der Waals surface area contributed by atoms with Crippen LogP contribution in [-0.4, -0.2) is 43.4 Å². The molecule has 1 aromatic rings. The van der Waals surface area contributed by atoms with Gasteiger partial charge < -0.3 is 14.7 Å². The van der Waals surface area contributed by atoms with Crippen LogP contribution < -0.4 is 0 Å². The standard InChI is InChI=1S/C14H19F2NO2/c1-19-9-10-5-6-17(7-10)8-13(18)11-3-2-4-12(15)14(11)16/h2-4,10,13,18H,5-9H2,1H3. The van der Waals surface area contributed by atoms with E-state index in [1.807, 2.05) is 0 Å². The lowest BCUT2D eigenvalue weighted by Crippen LogP contribution is -2.27. The van der Waals surface area contributed by atoms with Crippen LogP contribution in [0.3, 0.4) is 0 Å². The van der Waals surface area contributed by atoms with Crippen molar-refractivity contribution in [3.63, 3.8) is 0 Å². The number of benzene rings is 1. The van der Waals surface area contributed by atoms with Crippen molar-refractivity contribution in [3.05, 3.63) is 35.4 Å². The molecule has 1 saturated heterocycles. The molecule has 3 nitrogen and oxygen atoms in total. The number of aliphatic hydroxyl groups excluding tert-OH is 1. The Hall–Kier alpha value is -1.04. The lowest BCUT2D eigenvalue weighted by molar-refractivity contribution is 0.112. The molecule has 0 bridgehead atoms. The Morgan fingerprint density at radius 1 is 1.47 bits per heavy atom. The van der Waals surface area contributed by atoms with Crippen LogP contribution in [0.1, 0.15) is 18.1 Å². The van der Waals surface area contributed by atoms with Crippen LogP contribution in [0.15, 0.2) is 18.2 Å². The molecule has 2 atom stereocenters. The van der Waals surface area contributed by atoms with Gasteiger partial charge in [0.05, 0.1) is 12.7 Å². The van der Waals surface area contributed by atoms with E-state index in [9.17, 15) is 13.9 Å². The maximum atomic E-state index is 13.5. The first-order valence-corrected chi connectivity index (χ1v) is 6.45. The summed E-state index contributed by atoms with van der Waals surface area (Å²) in [6.45, 7) is 2.69. The number of rotatable bonds is 5. The molecule has 19 heavy (non-hydrogen) atoms. The first-order valence-electron chi connectivity index (χ1n) is 6.45. The van der Waals surface area contributed by atoms with Crippen LogP contribution in [0.2, 0.25) is 0 Å². The average molecular weight is 271 g/mol. The van der Waals surface area contributed by atoms with Gasteiger partial charge in [0, 0.05) is 25.8 Å². The third-order valence-electron chi connectivity index (χ3n) is 3.54. The molecule has 2 rings (SSSR count). The fraction of sp³-hybridized carbons (Fsp3) is 0.571. The second-order valence-corrected chi connectivity index (χ2v) is 5.03. The van der Waals surface area contributed by atoms with E-state index < -0.39 is 17.7 Å². The van der Waals surface area contributed by atoms with Crippen LogP contribution in [0.25, 0.3) is 0 Å². The first kappa shape index (κ1) is 14.4. The highest BCUT2D eigenvalue weighted by molar-refractivity contribution is 5.21. The summed E-state index contributed by atoms with van der Waals surface area (Å²) in [5.41, 5.74) is 0.0233. The smallest absolute Gasteiger partial charge is 0.164 e. The Labute approximate surface area is 111 Å². The van der Waals surface area contributed by atoms with Crippen LogP contribution >= 0.6 is 0 Å². The van der Waals surface area contributed by atoms with Crippen molar-refractivity contribution < 1.29 is 18.6 Å². The summed E-state index contributed by atoms with van der Waals surface area (Å²) in [5.74, 6) is -1.42. The van der Waals surface area contributed by atoms with Crippen molar-refractivity contribution >= 4 is 0 Å². The molecule has 1 aliphatic rings. The Kier molecular flexibility index (Phi) is 4.85. The zero-order valence-corrected chi connectivity index (χ0v) is 11.0. The lowest BCUT2D eigenvalue weighted by atomic mass is 10.1. The van der Waals surface area contributed by atoms with E-state index in [0.29, 0.717) is 19.1 Å². The van der Waals surface area contributed by atoms with E-state index in [-0.39, 0.29) is 5.56 Å². The largest absolute Gasteiger partial charge is 0.387 e. The van der Waals surface area contributed by atoms with E-state index >= 15 is 0 Å². The van der Waals surface area contributed by atoms with Gasteiger partial charge in [0.1, 0.15) is 0 Å². The van der Waals surface area contributed by atoms with Crippen molar-refractivity contribution in [3.8, 4) is 0 Å². The molecule has 0 aliphatic carbocycles. The molecule has 5 heteroatoms. The average Bonchev–Trinajstić information content (AvgIpc) is 2.80. The highest BCUT2D eigenvalue weighted by Gasteiger charge is 2.25. The number of halogens is 2. The minimum absolute atomic E-state index is 0.0233. The van der Waals surface area contributed by atoms with Gasteiger partial charge in [0.15, 0.2) is 11.6 Å². The van der Waals surface area contributed by atoms with Gasteiger partial charge in [-0.3, -0.25) is 0 Å². The molecule has 1 N–H and O–H groups in total. The lowest BCUT2D eigenvalue weighted by Gasteiger charge is -2.20. The third-order valence-corrected chi connectivity index (χ3v) is 3.54. The Balaban J connectivity index is 1.94. The van der Waals surface area contributed by atoms with Gasteiger partial charge in [0.25, 0.3) is 0 Å². The normalized spacial score (nSPS) is 21.8.